The van der Waals surface area contributed by atoms with Crippen LogP contribution in [-0.2, 0) is 21.8 Å². The molecule has 2 N–H and O–H groups in total. The van der Waals surface area contributed by atoms with Gasteiger partial charge in [-0.15, -0.1) is 0 Å². The predicted molar refractivity (Wildman–Crippen MR) is 47.7 cm³/mol. The average Bonchev–Trinajstić information content (AvgIpc) is 2.54. The number of furan rings is 1. The molecule has 0 radical (unpaired) electrons. The maximum atomic E-state index is 5.29. The molecule has 0 aromatic carbocycles. The maximum absolute atomic E-state index is 5.29. The van der Waals surface area contributed by atoms with Crippen molar-refractivity contribution in [3.8, 4) is 0 Å². The molecule has 0 amide bonds. The highest BCUT2D eigenvalue weighted by Gasteiger charge is 2.27. The molecule has 0 aliphatic rings. The Morgan fingerprint density at radius 2 is 2.23 bits per heavy atom. The molecule has 1 heterocycles. The van der Waals surface area contributed by atoms with Crippen LogP contribution < -0.4 is 5.90 Å². The fourth-order valence-electron chi connectivity index (χ4n) is 1.19. The number of hydrogen-bond donors (Lipinski definition) is 1. The van der Waals surface area contributed by atoms with Crippen LogP contribution in [0.5, 0.6) is 0 Å². The molecule has 1 rings (SSSR count). The highest BCUT2D eigenvalue weighted by Crippen LogP contribution is 2.27. The lowest BCUT2D eigenvalue weighted by Crippen LogP contribution is -2.26. The van der Waals surface area contributed by atoms with Gasteiger partial charge in [0, 0.05) is 12.7 Å². The van der Waals surface area contributed by atoms with Gasteiger partial charge in [0.15, 0.2) is 0 Å². The first kappa shape index (κ1) is 10.2. The molecule has 0 spiro atoms. The first-order valence-electron chi connectivity index (χ1n) is 4.05. The molecule has 4 heteroatoms. The summed E-state index contributed by atoms with van der Waals surface area (Å²) in [6.07, 6.45) is 1.60. The molecule has 74 valence electrons. The van der Waals surface area contributed by atoms with Crippen molar-refractivity contribution in [3.63, 3.8) is 0 Å². The van der Waals surface area contributed by atoms with Crippen LogP contribution in [0.4, 0.5) is 0 Å². The normalized spacial score (nSPS) is 12.0. The highest BCUT2D eigenvalue weighted by atomic mass is 16.6. The van der Waals surface area contributed by atoms with Crippen molar-refractivity contribution >= 4 is 0 Å². The number of nitrogens with two attached hydrogens (primary N) is 1. The summed E-state index contributed by atoms with van der Waals surface area (Å²) in [6, 6.07) is 1.85. The van der Waals surface area contributed by atoms with Crippen LogP contribution in [0.3, 0.4) is 0 Å². The third-order valence-corrected chi connectivity index (χ3v) is 1.89. The molecule has 0 saturated carbocycles. The molecule has 0 saturated heterocycles. The van der Waals surface area contributed by atoms with Gasteiger partial charge >= 0.3 is 0 Å². The minimum absolute atomic E-state index is 0.499. The minimum Gasteiger partial charge on any atom is -0.466 e. The molecule has 0 atom stereocenters. The molecule has 0 aliphatic heterocycles. The lowest BCUT2D eigenvalue weighted by molar-refractivity contribution is -0.0405. The molecule has 0 fully saturated rings. The van der Waals surface area contributed by atoms with Crippen molar-refractivity contribution in [1.82, 2.24) is 0 Å². The summed E-state index contributed by atoms with van der Waals surface area (Å²) in [6.45, 7) is 4.18. The van der Waals surface area contributed by atoms with Crippen molar-refractivity contribution in [2.24, 2.45) is 5.90 Å². The average molecular weight is 185 g/mol. The maximum Gasteiger partial charge on any atom is 0.142 e. The van der Waals surface area contributed by atoms with Crippen molar-refractivity contribution in [3.05, 3.63) is 23.7 Å². The van der Waals surface area contributed by atoms with E-state index in [0.717, 1.165) is 5.56 Å². The summed E-state index contributed by atoms with van der Waals surface area (Å²) in [5.41, 5.74) is 0.343. The Labute approximate surface area is 77.6 Å². The molecular weight excluding hydrogens is 170 g/mol. The second kappa shape index (κ2) is 3.91. The van der Waals surface area contributed by atoms with Crippen molar-refractivity contribution < 1.29 is 14.0 Å². The molecular formula is C9H15NO3. The molecule has 4 nitrogen and oxygen atoms in total. The number of methoxy groups -OCH3 is 1. The summed E-state index contributed by atoms with van der Waals surface area (Å²) in [7, 11) is 1.63. The van der Waals surface area contributed by atoms with Gasteiger partial charge in [0.05, 0.1) is 12.9 Å². The third kappa shape index (κ3) is 2.09. The van der Waals surface area contributed by atoms with Crippen molar-refractivity contribution in [1.29, 1.82) is 0 Å². The van der Waals surface area contributed by atoms with Gasteiger partial charge in [0.1, 0.15) is 11.4 Å². The highest BCUT2D eigenvalue weighted by molar-refractivity contribution is 5.21. The molecule has 0 aliphatic carbocycles. The first-order chi connectivity index (χ1) is 6.11. The summed E-state index contributed by atoms with van der Waals surface area (Å²) in [5.74, 6) is 5.87. The number of rotatable bonds is 4. The van der Waals surface area contributed by atoms with Crippen LogP contribution in [-0.4, -0.2) is 7.11 Å². The molecule has 0 unspecified atom stereocenters. The standard InChI is InChI=1S/C9H15NO3/c1-9(2,13-10)8-7(6-11-3)4-5-12-8/h4-5H,6,10H2,1-3H3. The van der Waals surface area contributed by atoms with Gasteiger partial charge in [-0.1, -0.05) is 0 Å². The lowest BCUT2D eigenvalue weighted by Gasteiger charge is -2.20. The van der Waals surface area contributed by atoms with E-state index in [9.17, 15) is 0 Å². The van der Waals surface area contributed by atoms with E-state index in [1.807, 2.05) is 19.9 Å². The Kier molecular flexibility index (Phi) is 3.08. The van der Waals surface area contributed by atoms with Crippen LogP contribution >= 0.6 is 0 Å². The van der Waals surface area contributed by atoms with E-state index < -0.39 is 5.60 Å². The van der Waals surface area contributed by atoms with Crippen molar-refractivity contribution in [2.45, 2.75) is 26.1 Å². The second-order valence-corrected chi connectivity index (χ2v) is 3.34. The van der Waals surface area contributed by atoms with Crippen LogP contribution in [0.25, 0.3) is 0 Å². The number of hydrogen-bond acceptors (Lipinski definition) is 4. The summed E-state index contributed by atoms with van der Waals surface area (Å²) >= 11 is 0. The van der Waals surface area contributed by atoms with Gasteiger partial charge in [-0.25, -0.2) is 5.90 Å². The Morgan fingerprint density at radius 3 is 2.77 bits per heavy atom. The Balaban J connectivity index is 2.93. The zero-order chi connectivity index (χ0) is 9.90. The van der Waals surface area contributed by atoms with Crippen LogP contribution in [0, 0.1) is 0 Å². The van der Waals surface area contributed by atoms with Crippen LogP contribution in [0.15, 0.2) is 16.7 Å². The smallest absolute Gasteiger partial charge is 0.142 e. The van der Waals surface area contributed by atoms with Crippen molar-refractivity contribution in [2.75, 3.05) is 7.11 Å². The largest absolute Gasteiger partial charge is 0.466 e. The lowest BCUT2D eigenvalue weighted by atomic mass is 10.0. The Bertz CT molecular complexity index is 268. The van der Waals surface area contributed by atoms with Gasteiger partial charge in [0.25, 0.3) is 0 Å². The SMILES string of the molecule is COCc1ccoc1C(C)(C)ON. The van der Waals surface area contributed by atoms with Crippen LogP contribution in [0.2, 0.25) is 0 Å². The summed E-state index contributed by atoms with van der Waals surface area (Å²) < 4.78 is 10.3. The predicted octanol–water partition coefficient (Wildman–Crippen LogP) is 1.55. The van der Waals surface area contributed by atoms with Gasteiger partial charge in [-0.3, -0.25) is 4.84 Å². The topological polar surface area (TPSA) is 57.6 Å². The molecule has 13 heavy (non-hydrogen) atoms. The van der Waals surface area contributed by atoms with Gasteiger partial charge < -0.3 is 9.15 Å². The molecule has 0 bridgehead atoms. The van der Waals surface area contributed by atoms with E-state index in [2.05, 4.69) is 0 Å². The summed E-state index contributed by atoms with van der Waals surface area (Å²) in [5, 5.41) is 0. The fourth-order valence-corrected chi connectivity index (χ4v) is 1.19. The van der Waals surface area contributed by atoms with E-state index in [0.29, 0.717) is 12.4 Å². The Morgan fingerprint density at radius 1 is 1.54 bits per heavy atom. The Hall–Kier alpha value is -0.840. The third-order valence-electron chi connectivity index (χ3n) is 1.89. The van der Waals surface area contributed by atoms with Gasteiger partial charge in [0.2, 0.25) is 0 Å². The monoisotopic (exact) mass is 185 g/mol. The quantitative estimate of drug-likeness (QED) is 0.723. The molecule has 1 aromatic heterocycles. The zero-order valence-electron chi connectivity index (χ0n) is 8.16. The van der Waals surface area contributed by atoms with Gasteiger partial charge in [-0.2, -0.15) is 0 Å². The van der Waals surface area contributed by atoms with E-state index in [1.165, 1.54) is 0 Å². The number of ether oxygens (including phenoxy) is 1. The zero-order valence-corrected chi connectivity index (χ0v) is 8.16. The van der Waals surface area contributed by atoms with E-state index in [4.69, 9.17) is 19.9 Å². The summed E-state index contributed by atoms with van der Waals surface area (Å²) in [4.78, 5) is 4.82. The minimum atomic E-state index is -0.614. The first-order valence-corrected chi connectivity index (χ1v) is 4.05. The fraction of sp³-hybridized carbons (Fsp3) is 0.556. The second-order valence-electron chi connectivity index (χ2n) is 3.34. The van der Waals surface area contributed by atoms with Crippen LogP contribution in [0.1, 0.15) is 25.2 Å². The van der Waals surface area contributed by atoms with E-state index in [-0.39, 0.29) is 0 Å². The molecule has 1 aromatic rings. The van der Waals surface area contributed by atoms with E-state index in [1.54, 1.807) is 13.4 Å². The van der Waals surface area contributed by atoms with Gasteiger partial charge in [-0.05, 0) is 19.9 Å². The van der Waals surface area contributed by atoms with E-state index >= 15 is 0 Å².